The number of carbonyl (C=O) groups excluding carboxylic acids is 1. The van der Waals surface area contributed by atoms with Crippen LogP contribution in [0.2, 0.25) is 0 Å². The molecule has 4 rings (SSSR count). The number of nitrogens with zero attached hydrogens (tertiary/aromatic N) is 5. The Morgan fingerprint density at radius 2 is 2.03 bits per heavy atom. The smallest absolute Gasteiger partial charge is 0.259 e. The minimum atomic E-state index is -2.52. The molecule has 0 unspecified atom stereocenters. The Kier molecular flexibility index (Phi) is 5.37. The Hall–Kier alpha value is -3.82. The number of ether oxygens (including phenoxy) is 1. The molecule has 0 atom stereocenters. The maximum Gasteiger partial charge on any atom is 0.259 e. The van der Waals surface area contributed by atoms with E-state index < -0.39 is 13.0 Å². The van der Waals surface area contributed by atoms with Crippen molar-refractivity contribution >= 4 is 17.1 Å². The molecule has 8 nitrogen and oxygen atoms in total. The van der Waals surface area contributed by atoms with Gasteiger partial charge in [-0.25, -0.2) is 23.0 Å². The van der Waals surface area contributed by atoms with Crippen molar-refractivity contribution in [1.29, 1.82) is 0 Å². The molecule has 3 heterocycles. The Balaban J connectivity index is 1.63. The normalized spacial score (nSPS) is 11.3. The van der Waals surface area contributed by atoms with Gasteiger partial charge in [0.05, 0.1) is 30.6 Å². The van der Waals surface area contributed by atoms with Crippen LogP contribution in [0, 0.1) is 13.8 Å². The van der Waals surface area contributed by atoms with Crippen molar-refractivity contribution in [3.63, 3.8) is 0 Å². The third-order valence-electron chi connectivity index (χ3n) is 4.89. The summed E-state index contributed by atoms with van der Waals surface area (Å²) in [5.74, 6) is 0.617. The summed E-state index contributed by atoms with van der Waals surface area (Å²) in [5.41, 5.74) is 3.98. The molecule has 0 saturated carbocycles. The fourth-order valence-electron chi connectivity index (χ4n) is 3.33. The van der Waals surface area contributed by atoms with Crippen LogP contribution in [0.25, 0.3) is 16.9 Å². The van der Waals surface area contributed by atoms with Crippen LogP contribution >= 0.6 is 0 Å². The lowest BCUT2D eigenvalue weighted by Gasteiger charge is -2.12. The zero-order valence-electron chi connectivity index (χ0n) is 17.1. The van der Waals surface area contributed by atoms with Crippen LogP contribution in [0.3, 0.4) is 0 Å². The number of amides is 1. The van der Waals surface area contributed by atoms with E-state index in [1.807, 2.05) is 19.9 Å². The molecule has 0 aliphatic heterocycles. The molecule has 0 fully saturated rings. The molecule has 1 N–H and O–H groups in total. The zero-order valence-corrected chi connectivity index (χ0v) is 17.1. The Labute approximate surface area is 176 Å². The first-order valence-electron chi connectivity index (χ1n) is 9.47. The average Bonchev–Trinajstić information content (AvgIpc) is 3.35. The summed E-state index contributed by atoms with van der Waals surface area (Å²) in [6, 6.07) is 7.15. The van der Waals surface area contributed by atoms with Crippen molar-refractivity contribution < 1.29 is 18.3 Å². The first kappa shape index (κ1) is 20.5. The van der Waals surface area contributed by atoms with Crippen molar-refractivity contribution in [3.8, 4) is 17.1 Å². The molecular weight excluding hydrogens is 406 g/mol. The van der Waals surface area contributed by atoms with Crippen molar-refractivity contribution in [2.24, 2.45) is 0 Å². The number of hydrogen-bond donors (Lipinski definition) is 1. The van der Waals surface area contributed by atoms with Crippen molar-refractivity contribution in [3.05, 3.63) is 59.7 Å². The van der Waals surface area contributed by atoms with Gasteiger partial charge in [0.15, 0.2) is 5.82 Å². The van der Waals surface area contributed by atoms with E-state index in [4.69, 9.17) is 4.74 Å². The highest BCUT2D eigenvalue weighted by Gasteiger charge is 2.17. The number of carbonyl (C=O) groups is 1. The number of methoxy groups -OCH3 is 1. The zero-order chi connectivity index (χ0) is 22.1. The van der Waals surface area contributed by atoms with E-state index in [0.717, 1.165) is 15.8 Å². The summed E-state index contributed by atoms with van der Waals surface area (Å²) >= 11 is 0. The fraction of sp³-hybridized carbons (Fsp3) is 0.238. The predicted octanol–water partition coefficient (Wildman–Crippen LogP) is 3.74. The van der Waals surface area contributed by atoms with Gasteiger partial charge in [-0.1, -0.05) is 6.07 Å². The number of alkyl halides is 2. The third kappa shape index (κ3) is 4.09. The molecule has 4 aromatic rings. The molecule has 0 spiro atoms. The summed E-state index contributed by atoms with van der Waals surface area (Å²) in [4.78, 5) is 17.1. The van der Waals surface area contributed by atoms with Gasteiger partial charge in [0, 0.05) is 11.3 Å². The van der Waals surface area contributed by atoms with Crippen molar-refractivity contribution in [1.82, 2.24) is 24.4 Å². The van der Waals surface area contributed by atoms with Gasteiger partial charge in [0.1, 0.15) is 18.6 Å². The lowest BCUT2D eigenvalue weighted by atomic mass is 10.0. The van der Waals surface area contributed by atoms with Gasteiger partial charge < -0.3 is 10.1 Å². The molecule has 0 aliphatic rings. The number of halogens is 2. The highest BCUT2D eigenvalue weighted by molar-refractivity contribution is 6.09. The Bertz CT molecular complexity index is 1260. The SMILES string of the molecule is COc1ccc2c(C(=O)Nc3cc(-c4ncn(CC(F)F)n4)c(C)cc3C)cnn2c1. The maximum atomic E-state index is 12.9. The summed E-state index contributed by atoms with van der Waals surface area (Å²) in [6.07, 6.45) is 1.92. The van der Waals surface area contributed by atoms with E-state index in [2.05, 4.69) is 20.5 Å². The van der Waals surface area contributed by atoms with Crippen LogP contribution < -0.4 is 10.1 Å². The second-order valence-corrected chi connectivity index (χ2v) is 7.07. The van der Waals surface area contributed by atoms with E-state index in [9.17, 15) is 13.6 Å². The van der Waals surface area contributed by atoms with Crippen LogP contribution in [0.1, 0.15) is 21.5 Å². The number of aromatic nitrogens is 5. The van der Waals surface area contributed by atoms with Crippen LogP contribution in [-0.4, -0.2) is 43.8 Å². The largest absolute Gasteiger partial charge is 0.495 e. The first-order valence-corrected chi connectivity index (χ1v) is 9.47. The number of fused-ring (bicyclic) bond motifs is 1. The van der Waals surface area contributed by atoms with Gasteiger partial charge in [0.25, 0.3) is 12.3 Å². The van der Waals surface area contributed by atoms with E-state index >= 15 is 0 Å². The number of pyridine rings is 1. The summed E-state index contributed by atoms with van der Waals surface area (Å²) in [5, 5.41) is 11.2. The molecular formula is C21H20F2N6O2. The van der Waals surface area contributed by atoms with Gasteiger partial charge in [-0.05, 0) is 43.2 Å². The van der Waals surface area contributed by atoms with Crippen LogP contribution in [0.5, 0.6) is 5.75 Å². The van der Waals surface area contributed by atoms with Gasteiger partial charge in [-0.2, -0.15) is 10.2 Å². The third-order valence-corrected chi connectivity index (χ3v) is 4.89. The van der Waals surface area contributed by atoms with Gasteiger partial charge >= 0.3 is 0 Å². The molecule has 10 heteroatoms. The summed E-state index contributed by atoms with van der Waals surface area (Å²) < 4.78 is 33.1. The molecule has 0 saturated heterocycles. The minimum absolute atomic E-state index is 0.316. The molecule has 160 valence electrons. The van der Waals surface area contributed by atoms with E-state index in [1.54, 1.807) is 36.0 Å². The summed E-state index contributed by atoms with van der Waals surface area (Å²) in [6.45, 7) is 3.22. The van der Waals surface area contributed by atoms with E-state index in [1.165, 1.54) is 12.5 Å². The maximum absolute atomic E-state index is 12.9. The second kappa shape index (κ2) is 8.13. The molecule has 0 aliphatic carbocycles. The standard InChI is InChI=1S/C21H20F2N6O2/c1-12-6-13(2)17(7-15(12)20-24-11-28(27-20)10-19(22)23)26-21(30)16-8-25-29-9-14(31-3)4-5-18(16)29/h4-9,11,19H,10H2,1-3H3,(H,26,30). The highest BCUT2D eigenvalue weighted by atomic mass is 19.3. The van der Waals surface area contributed by atoms with Crippen molar-refractivity contribution in [2.45, 2.75) is 26.8 Å². The highest BCUT2D eigenvalue weighted by Crippen LogP contribution is 2.28. The lowest BCUT2D eigenvalue weighted by molar-refractivity contribution is 0.102. The lowest BCUT2D eigenvalue weighted by Crippen LogP contribution is -2.13. The molecule has 3 aromatic heterocycles. The monoisotopic (exact) mass is 426 g/mol. The molecule has 1 aromatic carbocycles. The quantitative estimate of drug-likeness (QED) is 0.508. The number of benzene rings is 1. The number of aryl methyl sites for hydroxylation is 2. The molecule has 1 amide bonds. The Morgan fingerprint density at radius 1 is 1.23 bits per heavy atom. The van der Waals surface area contributed by atoms with Crippen molar-refractivity contribution in [2.75, 3.05) is 12.4 Å². The molecule has 31 heavy (non-hydrogen) atoms. The Morgan fingerprint density at radius 3 is 2.77 bits per heavy atom. The fourth-order valence-corrected chi connectivity index (χ4v) is 3.33. The van der Waals surface area contributed by atoms with E-state index in [-0.39, 0.29) is 5.91 Å². The van der Waals surface area contributed by atoms with Crippen LogP contribution in [-0.2, 0) is 6.54 Å². The number of rotatable bonds is 6. The topological polar surface area (TPSA) is 86.3 Å². The molecule has 0 bridgehead atoms. The number of hydrogen-bond acceptors (Lipinski definition) is 5. The second-order valence-electron chi connectivity index (χ2n) is 7.07. The molecule has 0 radical (unpaired) electrons. The van der Waals surface area contributed by atoms with E-state index in [0.29, 0.717) is 33.9 Å². The summed E-state index contributed by atoms with van der Waals surface area (Å²) in [7, 11) is 1.56. The van der Waals surface area contributed by atoms with Crippen LogP contribution in [0.15, 0.2) is 43.0 Å². The minimum Gasteiger partial charge on any atom is -0.495 e. The first-order chi connectivity index (χ1) is 14.9. The van der Waals surface area contributed by atoms with Gasteiger partial charge in [0.2, 0.25) is 0 Å². The van der Waals surface area contributed by atoms with Crippen LogP contribution in [0.4, 0.5) is 14.5 Å². The van der Waals surface area contributed by atoms with Gasteiger partial charge in [-0.15, -0.1) is 0 Å². The number of anilines is 1. The predicted molar refractivity (Wildman–Crippen MR) is 111 cm³/mol. The van der Waals surface area contributed by atoms with Gasteiger partial charge in [-0.3, -0.25) is 4.79 Å². The average molecular weight is 426 g/mol. The number of nitrogens with one attached hydrogen (secondary N) is 1.